The molecule has 3 N–H and O–H groups in total. The van der Waals surface area contributed by atoms with Crippen molar-refractivity contribution >= 4 is 11.6 Å². The van der Waals surface area contributed by atoms with Crippen LogP contribution in [-0.4, -0.2) is 25.5 Å². The molecule has 1 aromatic heterocycles. The molecule has 1 heterocycles. The maximum absolute atomic E-state index is 12.0. The van der Waals surface area contributed by atoms with Crippen LogP contribution < -0.4 is 16.0 Å². The first-order valence-electron chi connectivity index (χ1n) is 7.51. The van der Waals surface area contributed by atoms with Crippen molar-refractivity contribution in [3.8, 4) is 0 Å². The summed E-state index contributed by atoms with van der Waals surface area (Å²) in [6, 6.07) is 10.0. The molecule has 1 aromatic carbocycles. The Morgan fingerprint density at radius 3 is 2.82 bits per heavy atom. The van der Waals surface area contributed by atoms with Gasteiger partial charge in [-0.05, 0) is 37.6 Å². The van der Waals surface area contributed by atoms with E-state index >= 15 is 0 Å². The third kappa shape index (κ3) is 4.11. The molecule has 2 rings (SSSR count). The van der Waals surface area contributed by atoms with E-state index < -0.39 is 0 Å². The van der Waals surface area contributed by atoms with Gasteiger partial charge < -0.3 is 20.4 Å². The summed E-state index contributed by atoms with van der Waals surface area (Å²) < 4.78 is 5.17. The average Bonchev–Trinajstić information content (AvgIpc) is 3.00. The summed E-state index contributed by atoms with van der Waals surface area (Å²) in [6.45, 7) is 6.70. The fourth-order valence-electron chi connectivity index (χ4n) is 2.31. The normalized spacial score (nSPS) is 10.5. The Morgan fingerprint density at radius 1 is 1.36 bits per heavy atom. The van der Waals surface area contributed by atoms with Crippen LogP contribution in [0.3, 0.4) is 0 Å². The smallest absolute Gasteiger partial charge is 0.254 e. The molecule has 118 valence electrons. The Morgan fingerprint density at radius 2 is 2.18 bits per heavy atom. The molecule has 0 radical (unpaired) electrons. The van der Waals surface area contributed by atoms with Crippen molar-refractivity contribution in [2.45, 2.75) is 20.4 Å². The molecule has 5 heteroatoms. The van der Waals surface area contributed by atoms with Gasteiger partial charge in [-0.1, -0.05) is 12.1 Å². The highest BCUT2D eigenvalue weighted by Crippen LogP contribution is 2.15. The second-order valence-corrected chi connectivity index (χ2v) is 5.18. The first kappa shape index (κ1) is 16.1. The van der Waals surface area contributed by atoms with Crippen LogP contribution in [0.15, 0.2) is 41.0 Å². The number of anilines is 1. The highest BCUT2D eigenvalue weighted by molar-refractivity contribution is 5.93. The Bertz CT molecular complexity index is 622. The van der Waals surface area contributed by atoms with Crippen molar-refractivity contribution in [2.24, 2.45) is 5.73 Å². The topological polar surface area (TPSA) is 71.5 Å². The molecule has 0 atom stereocenters. The quantitative estimate of drug-likeness (QED) is 0.823. The van der Waals surface area contributed by atoms with Crippen molar-refractivity contribution < 1.29 is 9.21 Å². The van der Waals surface area contributed by atoms with E-state index in [-0.39, 0.29) is 5.91 Å². The van der Waals surface area contributed by atoms with Gasteiger partial charge in [0.05, 0.1) is 12.1 Å². The van der Waals surface area contributed by atoms with E-state index in [4.69, 9.17) is 10.2 Å². The fraction of sp³-hybridized carbons (Fsp3) is 0.353. The summed E-state index contributed by atoms with van der Waals surface area (Å²) in [4.78, 5) is 14.2. The minimum absolute atomic E-state index is 0.135. The van der Waals surface area contributed by atoms with Crippen LogP contribution in [0.25, 0.3) is 0 Å². The predicted octanol–water partition coefficient (Wildman–Crippen LogP) is 2.30. The van der Waals surface area contributed by atoms with Gasteiger partial charge in [-0.25, -0.2) is 0 Å². The lowest BCUT2D eigenvalue weighted by molar-refractivity contribution is 0.0954. The minimum Gasteiger partial charge on any atom is -0.467 e. The maximum atomic E-state index is 12.0. The van der Waals surface area contributed by atoms with Crippen LogP contribution in [-0.2, 0) is 6.54 Å². The highest BCUT2D eigenvalue weighted by atomic mass is 16.3. The maximum Gasteiger partial charge on any atom is 0.254 e. The highest BCUT2D eigenvalue weighted by Gasteiger charge is 2.10. The van der Waals surface area contributed by atoms with E-state index in [1.807, 2.05) is 6.07 Å². The predicted molar refractivity (Wildman–Crippen MR) is 88.0 cm³/mol. The number of nitrogens with one attached hydrogen (secondary N) is 1. The van der Waals surface area contributed by atoms with Gasteiger partial charge in [-0.15, -0.1) is 0 Å². The zero-order valence-corrected chi connectivity index (χ0v) is 13.1. The van der Waals surface area contributed by atoms with Crippen LogP contribution in [0.2, 0.25) is 0 Å². The summed E-state index contributed by atoms with van der Waals surface area (Å²) in [5.41, 5.74) is 8.38. The van der Waals surface area contributed by atoms with E-state index in [1.54, 1.807) is 6.07 Å². The largest absolute Gasteiger partial charge is 0.467 e. The van der Waals surface area contributed by atoms with Crippen LogP contribution in [0.5, 0.6) is 0 Å². The number of nitrogens with two attached hydrogens (primary N) is 1. The van der Waals surface area contributed by atoms with Gasteiger partial charge in [-0.3, -0.25) is 4.79 Å². The third-order valence-electron chi connectivity index (χ3n) is 3.53. The van der Waals surface area contributed by atoms with Crippen LogP contribution >= 0.6 is 0 Å². The minimum atomic E-state index is -0.135. The van der Waals surface area contributed by atoms with Gasteiger partial charge in [0.1, 0.15) is 12.0 Å². The number of likely N-dealkylation sites (N-methyl/N-ethyl adjacent to an activating group) is 1. The number of carbonyl (C=O) groups is 1. The monoisotopic (exact) mass is 301 g/mol. The van der Waals surface area contributed by atoms with E-state index in [2.05, 4.69) is 42.3 Å². The molecule has 0 bridgehead atoms. The van der Waals surface area contributed by atoms with Crippen molar-refractivity contribution in [2.75, 3.05) is 24.5 Å². The van der Waals surface area contributed by atoms with Crippen molar-refractivity contribution in [1.29, 1.82) is 0 Å². The number of aryl methyl sites for hydroxylation is 1. The van der Waals surface area contributed by atoms with Gasteiger partial charge >= 0.3 is 0 Å². The van der Waals surface area contributed by atoms with Gasteiger partial charge in [0.25, 0.3) is 5.91 Å². The Hall–Kier alpha value is -2.27. The Balaban J connectivity index is 1.87. The molecule has 22 heavy (non-hydrogen) atoms. The molecular weight excluding hydrogens is 278 g/mol. The van der Waals surface area contributed by atoms with E-state index in [9.17, 15) is 4.79 Å². The first-order valence-corrected chi connectivity index (χ1v) is 7.51. The summed E-state index contributed by atoms with van der Waals surface area (Å²) >= 11 is 0. The molecule has 0 aliphatic heterocycles. The van der Waals surface area contributed by atoms with Crippen LogP contribution in [0.1, 0.15) is 28.6 Å². The number of benzene rings is 1. The summed E-state index contributed by atoms with van der Waals surface area (Å²) in [5.74, 6) is 0.476. The van der Waals surface area contributed by atoms with Gasteiger partial charge in [0.2, 0.25) is 0 Å². The SMILES string of the molecule is CCN(CCNC(=O)c1coc(CN)c1)c1cccc(C)c1. The fourth-order valence-corrected chi connectivity index (χ4v) is 2.31. The molecule has 0 fully saturated rings. The lowest BCUT2D eigenvalue weighted by atomic mass is 10.2. The number of furan rings is 1. The van der Waals surface area contributed by atoms with Crippen LogP contribution in [0.4, 0.5) is 5.69 Å². The zero-order chi connectivity index (χ0) is 15.9. The average molecular weight is 301 g/mol. The number of hydrogen-bond acceptors (Lipinski definition) is 4. The number of nitrogens with zero attached hydrogens (tertiary/aromatic N) is 1. The second kappa shape index (κ2) is 7.66. The Kier molecular flexibility index (Phi) is 5.61. The molecular formula is C17H23N3O2. The molecule has 0 spiro atoms. The molecule has 0 unspecified atom stereocenters. The Labute approximate surface area is 131 Å². The van der Waals surface area contributed by atoms with Crippen molar-refractivity contribution in [1.82, 2.24) is 5.32 Å². The summed E-state index contributed by atoms with van der Waals surface area (Å²) in [6.07, 6.45) is 1.44. The van der Waals surface area contributed by atoms with Gasteiger partial charge in [0.15, 0.2) is 0 Å². The van der Waals surface area contributed by atoms with E-state index in [0.717, 1.165) is 13.1 Å². The van der Waals surface area contributed by atoms with E-state index in [0.29, 0.717) is 24.4 Å². The summed E-state index contributed by atoms with van der Waals surface area (Å²) in [5, 5.41) is 2.90. The lowest BCUT2D eigenvalue weighted by Gasteiger charge is -2.23. The molecule has 1 amide bonds. The van der Waals surface area contributed by atoms with Gasteiger partial charge in [-0.2, -0.15) is 0 Å². The number of amides is 1. The lowest BCUT2D eigenvalue weighted by Crippen LogP contribution is -2.34. The first-order chi connectivity index (χ1) is 10.6. The second-order valence-electron chi connectivity index (χ2n) is 5.18. The van der Waals surface area contributed by atoms with Crippen LogP contribution in [0, 0.1) is 6.92 Å². The zero-order valence-electron chi connectivity index (χ0n) is 13.1. The molecule has 0 aliphatic carbocycles. The molecule has 5 nitrogen and oxygen atoms in total. The van der Waals surface area contributed by atoms with E-state index in [1.165, 1.54) is 17.5 Å². The number of hydrogen-bond donors (Lipinski definition) is 2. The third-order valence-corrected chi connectivity index (χ3v) is 3.53. The van der Waals surface area contributed by atoms with Gasteiger partial charge in [0, 0.05) is 25.3 Å². The van der Waals surface area contributed by atoms with Crippen molar-refractivity contribution in [3.05, 3.63) is 53.5 Å². The standard InChI is InChI=1S/C17H23N3O2/c1-3-20(15-6-4-5-13(2)9-15)8-7-19-17(21)14-10-16(11-18)22-12-14/h4-6,9-10,12H,3,7-8,11,18H2,1-2H3,(H,19,21). The molecule has 0 aliphatic rings. The summed E-state index contributed by atoms with van der Waals surface area (Å²) in [7, 11) is 0. The number of rotatable bonds is 7. The number of carbonyl (C=O) groups excluding carboxylic acids is 1. The van der Waals surface area contributed by atoms with Crippen molar-refractivity contribution in [3.63, 3.8) is 0 Å². The molecule has 0 saturated carbocycles. The molecule has 2 aromatic rings. The molecule has 0 saturated heterocycles.